The zero-order chi connectivity index (χ0) is 17.0. The number of sulfone groups is 1. The molecule has 1 saturated heterocycles. The number of nitrogens with two attached hydrogens (primary N) is 1. The van der Waals surface area contributed by atoms with Gasteiger partial charge in [-0.2, -0.15) is 0 Å². The molecule has 2 amide bonds. The van der Waals surface area contributed by atoms with Crippen molar-refractivity contribution in [1.82, 2.24) is 4.90 Å². The van der Waals surface area contributed by atoms with Gasteiger partial charge in [-0.15, -0.1) is 0 Å². The van der Waals surface area contributed by atoms with E-state index in [2.05, 4.69) is 0 Å². The first kappa shape index (κ1) is 17.5. The summed E-state index contributed by atoms with van der Waals surface area (Å²) in [5.41, 5.74) is 6.27. The molecule has 0 spiro atoms. The molecule has 1 aromatic carbocycles. The molecule has 7 heteroatoms. The van der Waals surface area contributed by atoms with E-state index in [1.165, 1.54) is 0 Å². The number of hydrogen-bond acceptors (Lipinski definition) is 4. The molecule has 1 aliphatic rings. The zero-order valence-corrected chi connectivity index (χ0v) is 14.0. The first-order valence-electron chi connectivity index (χ1n) is 7.66. The van der Waals surface area contributed by atoms with E-state index < -0.39 is 15.7 Å². The van der Waals surface area contributed by atoms with Crippen LogP contribution in [0.15, 0.2) is 29.2 Å². The lowest BCUT2D eigenvalue weighted by atomic mass is 9.97. The fraction of sp³-hybridized carbons (Fsp3) is 0.500. The number of likely N-dealkylation sites (tertiary alicyclic amines) is 1. The standard InChI is InChI=1S/C16H22N2O4S/c1-12-4-6-14(7-5-12)23(21,22)10-8-15(19)18-9-2-3-13(11-18)16(17)20/h4-7,13H,2-3,8-11H2,1H3,(H2,17,20)/t13-/m0/s1. The lowest BCUT2D eigenvalue weighted by molar-refractivity contribution is -0.134. The molecule has 1 fully saturated rings. The van der Waals surface area contributed by atoms with Crippen LogP contribution in [0, 0.1) is 12.8 Å². The number of piperidine rings is 1. The van der Waals surface area contributed by atoms with Gasteiger partial charge in [0.1, 0.15) is 0 Å². The van der Waals surface area contributed by atoms with Crippen LogP contribution >= 0.6 is 0 Å². The Bertz CT molecular complexity index is 683. The molecule has 0 saturated carbocycles. The van der Waals surface area contributed by atoms with Crippen LogP contribution in [0.5, 0.6) is 0 Å². The number of amides is 2. The van der Waals surface area contributed by atoms with Gasteiger partial charge in [0.25, 0.3) is 0 Å². The Morgan fingerprint density at radius 2 is 1.91 bits per heavy atom. The smallest absolute Gasteiger partial charge is 0.223 e. The predicted molar refractivity (Wildman–Crippen MR) is 86.3 cm³/mol. The van der Waals surface area contributed by atoms with Crippen LogP contribution in [-0.2, 0) is 19.4 Å². The van der Waals surface area contributed by atoms with Crippen molar-refractivity contribution in [3.05, 3.63) is 29.8 Å². The van der Waals surface area contributed by atoms with Crippen LogP contribution < -0.4 is 5.73 Å². The van der Waals surface area contributed by atoms with Crippen LogP contribution in [0.1, 0.15) is 24.8 Å². The van der Waals surface area contributed by atoms with E-state index in [0.717, 1.165) is 5.56 Å². The Morgan fingerprint density at radius 3 is 2.52 bits per heavy atom. The monoisotopic (exact) mass is 338 g/mol. The normalized spacial score (nSPS) is 18.7. The third kappa shape index (κ3) is 4.54. The summed E-state index contributed by atoms with van der Waals surface area (Å²) in [5.74, 6) is -1.21. The summed E-state index contributed by atoms with van der Waals surface area (Å²) < 4.78 is 24.5. The van der Waals surface area contributed by atoms with Gasteiger partial charge in [-0.3, -0.25) is 9.59 Å². The van der Waals surface area contributed by atoms with E-state index in [4.69, 9.17) is 5.73 Å². The molecule has 1 aromatic rings. The van der Waals surface area contributed by atoms with Crippen molar-refractivity contribution in [2.24, 2.45) is 11.7 Å². The largest absolute Gasteiger partial charge is 0.369 e. The summed E-state index contributed by atoms with van der Waals surface area (Å²) in [6.45, 7) is 2.72. The second-order valence-electron chi connectivity index (χ2n) is 5.96. The Morgan fingerprint density at radius 1 is 1.26 bits per heavy atom. The summed E-state index contributed by atoms with van der Waals surface area (Å²) in [6, 6.07) is 6.58. The van der Waals surface area contributed by atoms with E-state index in [0.29, 0.717) is 25.9 Å². The first-order valence-corrected chi connectivity index (χ1v) is 9.31. The first-order chi connectivity index (χ1) is 10.8. The summed E-state index contributed by atoms with van der Waals surface area (Å²) >= 11 is 0. The summed E-state index contributed by atoms with van der Waals surface area (Å²) in [4.78, 5) is 25.2. The maximum Gasteiger partial charge on any atom is 0.223 e. The van der Waals surface area contributed by atoms with Crippen molar-refractivity contribution in [1.29, 1.82) is 0 Å². The van der Waals surface area contributed by atoms with Crippen LogP contribution in [0.4, 0.5) is 0 Å². The number of carbonyl (C=O) groups is 2. The number of nitrogens with zero attached hydrogens (tertiary/aromatic N) is 1. The van der Waals surface area contributed by atoms with E-state index in [-0.39, 0.29) is 28.9 Å². The van der Waals surface area contributed by atoms with E-state index >= 15 is 0 Å². The lowest BCUT2D eigenvalue weighted by Crippen LogP contribution is -2.44. The van der Waals surface area contributed by atoms with Crippen molar-refractivity contribution in [3.63, 3.8) is 0 Å². The second kappa shape index (κ2) is 7.12. The molecule has 6 nitrogen and oxygen atoms in total. The molecule has 2 N–H and O–H groups in total. The van der Waals surface area contributed by atoms with Crippen molar-refractivity contribution in [3.8, 4) is 0 Å². The number of carbonyl (C=O) groups excluding carboxylic acids is 2. The van der Waals surface area contributed by atoms with E-state index in [1.807, 2.05) is 6.92 Å². The third-order valence-corrected chi connectivity index (χ3v) is 5.87. The van der Waals surface area contributed by atoms with Gasteiger partial charge >= 0.3 is 0 Å². The average Bonchev–Trinajstić information content (AvgIpc) is 2.53. The van der Waals surface area contributed by atoms with Gasteiger partial charge in [0.2, 0.25) is 11.8 Å². The molecular formula is C16H22N2O4S. The predicted octanol–water partition coefficient (Wildman–Crippen LogP) is 0.883. The summed E-state index contributed by atoms with van der Waals surface area (Å²) in [7, 11) is -3.48. The number of primary amides is 1. The number of benzene rings is 1. The second-order valence-corrected chi connectivity index (χ2v) is 8.07. The van der Waals surface area contributed by atoms with Crippen LogP contribution in [0.25, 0.3) is 0 Å². The highest BCUT2D eigenvalue weighted by atomic mass is 32.2. The van der Waals surface area contributed by atoms with E-state index in [1.54, 1.807) is 29.2 Å². The van der Waals surface area contributed by atoms with Crippen LogP contribution in [-0.4, -0.2) is 44.0 Å². The molecule has 23 heavy (non-hydrogen) atoms. The lowest BCUT2D eigenvalue weighted by Gasteiger charge is -2.31. The van der Waals surface area contributed by atoms with Crippen molar-refractivity contribution in [2.45, 2.75) is 31.1 Å². The average molecular weight is 338 g/mol. The molecule has 126 valence electrons. The van der Waals surface area contributed by atoms with Crippen LogP contribution in [0.3, 0.4) is 0 Å². The van der Waals surface area contributed by atoms with Crippen molar-refractivity contribution >= 4 is 21.7 Å². The Balaban J connectivity index is 1.95. The van der Waals surface area contributed by atoms with Crippen molar-refractivity contribution < 1.29 is 18.0 Å². The van der Waals surface area contributed by atoms with Gasteiger partial charge in [0, 0.05) is 19.5 Å². The van der Waals surface area contributed by atoms with Crippen LogP contribution in [0.2, 0.25) is 0 Å². The zero-order valence-electron chi connectivity index (χ0n) is 13.2. The number of hydrogen-bond donors (Lipinski definition) is 1. The summed E-state index contributed by atoms with van der Waals surface area (Å²) in [5, 5.41) is 0. The Labute approximate surface area is 136 Å². The molecule has 0 aromatic heterocycles. The molecule has 0 aliphatic carbocycles. The SMILES string of the molecule is Cc1ccc(S(=O)(=O)CCC(=O)N2CCC[C@H](C(N)=O)C2)cc1. The Kier molecular flexibility index (Phi) is 5.41. The highest BCUT2D eigenvalue weighted by Crippen LogP contribution is 2.18. The fourth-order valence-electron chi connectivity index (χ4n) is 2.68. The van der Waals surface area contributed by atoms with Gasteiger partial charge < -0.3 is 10.6 Å². The van der Waals surface area contributed by atoms with Gasteiger partial charge in [-0.25, -0.2) is 8.42 Å². The third-order valence-electron chi connectivity index (χ3n) is 4.14. The molecule has 1 atom stereocenters. The van der Waals surface area contributed by atoms with Gasteiger partial charge in [-0.05, 0) is 31.9 Å². The maximum absolute atomic E-state index is 12.3. The van der Waals surface area contributed by atoms with Gasteiger partial charge in [0.05, 0.1) is 16.6 Å². The minimum absolute atomic E-state index is 0.0817. The molecular weight excluding hydrogens is 316 g/mol. The molecule has 0 unspecified atom stereocenters. The molecule has 0 radical (unpaired) electrons. The maximum atomic E-state index is 12.3. The molecule has 1 aliphatic heterocycles. The molecule has 2 rings (SSSR count). The fourth-order valence-corrected chi connectivity index (χ4v) is 3.91. The molecule has 1 heterocycles. The highest BCUT2D eigenvalue weighted by molar-refractivity contribution is 7.91. The topological polar surface area (TPSA) is 97.5 Å². The summed E-state index contributed by atoms with van der Waals surface area (Å²) in [6.07, 6.45) is 1.31. The number of rotatable bonds is 5. The number of aryl methyl sites for hydroxylation is 1. The quantitative estimate of drug-likeness (QED) is 0.862. The Hall–Kier alpha value is -1.89. The van der Waals surface area contributed by atoms with E-state index in [9.17, 15) is 18.0 Å². The molecule has 0 bridgehead atoms. The highest BCUT2D eigenvalue weighted by Gasteiger charge is 2.27. The van der Waals surface area contributed by atoms with Crippen molar-refractivity contribution in [2.75, 3.05) is 18.8 Å². The van der Waals surface area contributed by atoms with Gasteiger partial charge in [0.15, 0.2) is 9.84 Å². The van der Waals surface area contributed by atoms with Gasteiger partial charge in [-0.1, -0.05) is 17.7 Å². The minimum Gasteiger partial charge on any atom is -0.369 e. The minimum atomic E-state index is -3.48.